The standard InChI is InChI=1S/C31H28N2O4/c1-2-37-30(36)29(35)25-18-19-27-26(28(25)34)20-33(32-27)21-31(22-12-6-3-7-13-22,23-14-8-4-9-15-23)24-16-10-5-11-17-24/h3-17,20,25H,2,18-19,21H2,1H3. The molecule has 4 aromatic rings. The van der Waals surface area contributed by atoms with Gasteiger partial charge in [-0.1, -0.05) is 91.0 Å². The fourth-order valence-electron chi connectivity index (χ4n) is 5.31. The number of carbonyl (C=O) groups excluding carboxylic acids is 3. The number of fused-ring (bicyclic) bond motifs is 1. The van der Waals surface area contributed by atoms with E-state index in [2.05, 4.69) is 36.4 Å². The highest BCUT2D eigenvalue weighted by Crippen LogP contribution is 2.41. The number of aromatic nitrogens is 2. The van der Waals surface area contributed by atoms with Crippen LogP contribution in [0.5, 0.6) is 0 Å². The first kappa shape index (κ1) is 24.4. The summed E-state index contributed by atoms with van der Waals surface area (Å²) in [5, 5.41) is 4.81. The van der Waals surface area contributed by atoms with E-state index in [0.717, 1.165) is 16.7 Å². The zero-order valence-electron chi connectivity index (χ0n) is 20.7. The van der Waals surface area contributed by atoms with Gasteiger partial charge in [0.1, 0.15) is 0 Å². The number of ether oxygens (including phenoxy) is 1. The van der Waals surface area contributed by atoms with Crippen LogP contribution in [-0.2, 0) is 32.7 Å². The van der Waals surface area contributed by atoms with Gasteiger partial charge in [0, 0.05) is 6.20 Å². The Labute approximate surface area is 215 Å². The average molecular weight is 493 g/mol. The third kappa shape index (κ3) is 4.51. The molecular weight excluding hydrogens is 464 g/mol. The van der Waals surface area contributed by atoms with Gasteiger partial charge in [0.2, 0.25) is 0 Å². The van der Waals surface area contributed by atoms with Crippen molar-refractivity contribution in [3.05, 3.63) is 125 Å². The zero-order valence-corrected chi connectivity index (χ0v) is 20.7. The van der Waals surface area contributed by atoms with E-state index in [1.165, 1.54) is 0 Å². The lowest BCUT2D eigenvalue weighted by atomic mass is 9.69. The van der Waals surface area contributed by atoms with Crippen molar-refractivity contribution in [3.8, 4) is 0 Å². The zero-order chi connectivity index (χ0) is 25.8. The number of nitrogens with zero attached hydrogens (tertiary/aromatic N) is 2. The minimum absolute atomic E-state index is 0.0925. The monoisotopic (exact) mass is 492 g/mol. The number of aryl methyl sites for hydroxylation is 1. The molecule has 0 aliphatic heterocycles. The summed E-state index contributed by atoms with van der Waals surface area (Å²) in [6, 6.07) is 30.8. The molecule has 0 saturated heterocycles. The number of carbonyl (C=O) groups is 3. The first-order valence-electron chi connectivity index (χ1n) is 12.5. The molecule has 1 unspecified atom stereocenters. The van der Waals surface area contributed by atoms with Gasteiger partial charge in [0.25, 0.3) is 5.78 Å². The molecule has 5 rings (SSSR count). The normalized spacial score (nSPS) is 15.2. The molecule has 1 aromatic heterocycles. The number of hydrogen-bond acceptors (Lipinski definition) is 5. The number of rotatable bonds is 8. The Morgan fingerprint density at radius 1 is 0.892 bits per heavy atom. The van der Waals surface area contributed by atoms with Crippen LogP contribution in [0.15, 0.2) is 97.2 Å². The maximum atomic E-state index is 13.3. The van der Waals surface area contributed by atoms with Crippen molar-refractivity contribution in [1.82, 2.24) is 9.78 Å². The maximum absolute atomic E-state index is 13.3. The fourth-order valence-corrected chi connectivity index (χ4v) is 5.31. The van der Waals surface area contributed by atoms with Gasteiger partial charge < -0.3 is 4.74 Å². The van der Waals surface area contributed by atoms with E-state index < -0.39 is 23.1 Å². The third-order valence-electron chi connectivity index (χ3n) is 7.08. The lowest BCUT2D eigenvalue weighted by molar-refractivity contribution is -0.154. The number of Topliss-reactive ketones (excluding diaryl/α,β-unsaturated/α-hetero) is 2. The van der Waals surface area contributed by atoms with E-state index in [9.17, 15) is 14.4 Å². The van der Waals surface area contributed by atoms with Gasteiger partial charge in [-0.2, -0.15) is 5.10 Å². The molecule has 0 spiro atoms. The molecule has 186 valence electrons. The Morgan fingerprint density at radius 2 is 1.41 bits per heavy atom. The van der Waals surface area contributed by atoms with Crippen LogP contribution in [-0.4, -0.2) is 33.9 Å². The van der Waals surface area contributed by atoms with Crippen molar-refractivity contribution in [1.29, 1.82) is 0 Å². The molecule has 3 aromatic carbocycles. The summed E-state index contributed by atoms with van der Waals surface area (Å²) in [5.74, 6) is -3.12. The van der Waals surface area contributed by atoms with Crippen LogP contribution in [0, 0.1) is 5.92 Å². The number of benzene rings is 3. The summed E-state index contributed by atoms with van der Waals surface area (Å²) >= 11 is 0. The Morgan fingerprint density at radius 3 is 1.89 bits per heavy atom. The molecule has 0 N–H and O–H groups in total. The van der Waals surface area contributed by atoms with Crippen LogP contribution in [0.4, 0.5) is 0 Å². The van der Waals surface area contributed by atoms with Crippen LogP contribution in [0.3, 0.4) is 0 Å². The number of hydrogen-bond donors (Lipinski definition) is 0. The van der Waals surface area contributed by atoms with Crippen LogP contribution in [0.25, 0.3) is 0 Å². The summed E-state index contributed by atoms with van der Waals surface area (Å²) < 4.78 is 6.66. The molecule has 1 heterocycles. The van der Waals surface area contributed by atoms with E-state index in [-0.39, 0.29) is 18.8 Å². The molecule has 6 nitrogen and oxygen atoms in total. The summed E-state index contributed by atoms with van der Waals surface area (Å²) in [5.41, 5.74) is 3.77. The van der Waals surface area contributed by atoms with E-state index >= 15 is 0 Å². The molecule has 0 fully saturated rings. The van der Waals surface area contributed by atoms with E-state index in [4.69, 9.17) is 9.84 Å². The predicted molar refractivity (Wildman–Crippen MR) is 139 cm³/mol. The van der Waals surface area contributed by atoms with Crippen LogP contribution < -0.4 is 0 Å². The van der Waals surface area contributed by atoms with Gasteiger partial charge in [-0.15, -0.1) is 0 Å². The molecule has 1 atom stereocenters. The highest BCUT2D eigenvalue weighted by molar-refractivity contribution is 6.39. The minimum Gasteiger partial charge on any atom is -0.460 e. The van der Waals surface area contributed by atoms with Crippen molar-refractivity contribution in [2.75, 3.05) is 6.61 Å². The summed E-state index contributed by atoms with van der Waals surface area (Å²) in [6.45, 7) is 2.17. The topological polar surface area (TPSA) is 78.3 Å². The van der Waals surface area contributed by atoms with Crippen molar-refractivity contribution >= 4 is 17.5 Å². The van der Waals surface area contributed by atoms with Gasteiger partial charge in [0.15, 0.2) is 5.78 Å². The maximum Gasteiger partial charge on any atom is 0.375 e. The van der Waals surface area contributed by atoms with Gasteiger partial charge in [0.05, 0.1) is 35.7 Å². The molecular formula is C31H28N2O4. The Bertz CT molecular complexity index is 1310. The van der Waals surface area contributed by atoms with Crippen molar-refractivity contribution < 1.29 is 19.1 Å². The molecule has 0 bridgehead atoms. The first-order chi connectivity index (χ1) is 18.0. The van der Waals surface area contributed by atoms with Crippen LogP contribution in [0.2, 0.25) is 0 Å². The minimum atomic E-state index is -1.02. The number of ketones is 2. The van der Waals surface area contributed by atoms with Crippen LogP contribution in [0.1, 0.15) is 46.1 Å². The third-order valence-corrected chi connectivity index (χ3v) is 7.08. The molecule has 1 aliphatic rings. The molecule has 37 heavy (non-hydrogen) atoms. The van der Waals surface area contributed by atoms with Gasteiger partial charge in [-0.3, -0.25) is 14.3 Å². The predicted octanol–water partition coefficient (Wildman–Crippen LogP) is 4.80. The largest absolute Gasteiger partial charge is 0.460 e. The highest BCUT2D eigenvalue weighted by Gasteiger charge is 2.40. The van der Waals surface area contributed by atoms with E-state index in [1.807, 2.05) is 59.3 Å². The lowest BCUT2D eigenvalue weighted by Gasteiger charge is -2.36. The molecule has 0 saturated carbocycles. The average Bonchev–Trinajstić information content (AvgIpc) is 3.37. The quantitative estimate of drug-likeness (QED) is 0.153. The molecule has 0 amide bonds. The molecule has 6 heteroatoms. The van der Waals surface area contributed by atoms with Crippen molar-refractivity contribution in [2.45, 2.75) is 31.7 Å². The van der Waals surface area contributed by atoms with Crippen LogP contribution >= 0.6 is 0 Å². The van der Waals surface area contributed by atoms with Gasteiger partial charge >= 0.3 is 5.97 Å². The molecule has 0 radical (unpaired) electrons. The second-order valence-corrected chi connectivity index (χ2v) is 9.23. The summed E-state index contributed by atoms with van der Waals surface area (Å²) in [6.07, 6.45) is 2.42. The van der Waals surface area contributed by atoms with Crippen molar-refractivity contribution in [2.24, 2.45) is 5.92 Å². The Balaban J connectivity index is 1.59. The number of esters is 1. The van der Waals surface area contributed by atoms with Gasteiger partial charge in [-0.05, 0) is 36.5 Å². The SMILES string of the molecule is CCOC(=O)C(=O)C1CCc2nn(CC(c3ccccc3)(c3ccccc3)c3ccccc3)cc2C1=O. The summed E-state index contributed by atoms with van der Waals surface area (Å²) in [7, 11) is 0. The lowest BCUT2D eigenvalue weighted by Crippen LogP contribution is -2.35. The Hall–Kier alpha value is -4.32. The summed E-state index contributed by atoms with van der Waals surface area (Å²) in [4.78, 5) is 37.9. The van der Waals surface area contributed by atoms with E-state index in [1.54, 1.807) is 13.1 Å². The second-order valence-electron chi connectivity index (χ2n) is 9.23. The highest BCUT2D eigenvalue weighted by atomic mass is 16.5. The smallest absolute Gasteiger partial charge is 0.375 e. The van der Waals surface area contributed by atoms with Gasteiger partial charge in [-0.25, -0.2) is 4.79 Å². The Kier molecular flexibility index (Phi) is 6.82. The second kappa shape index (κ2) is 10.3. The van der Waals surface area contributed by atoms with E-state index in [0.29, 0.717) is 24.2 Å². The van der Waals surface area contributed by atoms with Crippen molar-refractivity contribution in [3.63, 3.8) is 0 Å². The first-order valence-corrected chi connectivity index (χ1v) is 12.5. The fraction of sp³-hybridized carbons (Fsp3) is 0.226. The molecule has 1 aliphatic carbocycles.